The molecule has 2 rings (SSSR count). The van der Waals surface area contributed by atoms with Crippen LogP contribution in [0.15, 0.2) is 0 Å². The average Bonchev–Trinajstić information content (AvgIpc) is 2.65. The zero-order chi connectivity index (χ0) is 11.4. The largest absolute Gasteiger partial charge is 0.395 e. The topological polar surface area (TPSA) is 23.5 Å². The highest BCUT2D eigenvalue weighted by molar-refractivity contribution is 7.80. The number of thiol groups is 1. The molecule has 2 saturated carbocycles. The maximum atomic E-state index is 9.17. The highest BCUT2D eigenvalue weighted by atomic mass is 32.1. The number of hydrogen-bond acceptors (Lipinski definition) is 3. The van der Waals surface area contributed by atoms with Gasteiger partial charge in [0.15, 0.2) is 0 Å². The summed E-state index contributed by atoms with van der Waals surface area (Å²) in [4.78, 5) is 2.53. The van der Waals surface area contributed by atoms with Crippen LogP contribution in [0.4, 0.5) is 0 Å². The van der Waals surface area contributed by atoms with Crippen LogP contribution in [-0.4, -0.2) is 41.5 Å². The van der Waals surface area contributed by atoms with Gasteiger partial charge in [-0.05, 0) is 36.9 Å². The van der Waals surface area contributed by atoms with E-state index < -0.39 is 0 Å². The quantitative estimate of drug-likeness (QED) is 0.700. The summed E-state index contributed by atoms with van der Waals surface area (Å²) in [5.41, 5.74) is 0.452. The lowest BCUT2D eigenvalue weighted by molar-refractivity contribution is 0.0622. The molecule has 0 aromatic carbocycles. The van der Waals surface area contributed by atoms with Crippen molar-refractivity contribution in [2.45, 2.75) is 51.0 Å². The van der Waals surface area contributed by atoms with Gasteiger partial charge in [-0.3, -0.25) is 4.90 Å². The minimum atomic E-state index is 0.305. The van der Waals surface area contributed by atoms with Crippen molar-refractivity contribution < 1.29 is 5.11 Å². The Kier molecular flexibility index (Phi) is 4.57. The van der Waals surface area contributed by atoms with Crippen molar-refractivity contribution in [3.8, 4) is 0 Å². The summed E-state index contributed by atoms with van der Waals surface area (Å²) in [5, 5.41) is 9.17. The first kappa shape index (κ1) is 12.7. The molecule has 2 aliphatic carbocycles. The maximum Gasteiger partial charge on any atom is 0.0558 e. The molecule has 0 atom stereocenters. The molecule has 0 bridgehead atoms. The van der Waals surface area contributed by atoms with E-state index in [9.17, 15) is 5.11 Å². The van der Waals surface area contributed by atoms with Crippen molar-refractivity contribution in [3.63, 3.8) is 0 Å². The van der Waals surface area contributed by atoms with E-state index in [1.54, 1.807) is 0 Å². The summed E-state index contributed by atoms with van der Waals surface area (Å²) in [7, 11) is 0. The zero-order valence-corrected chi connectivity index (χ0v) is 11.1. The predicted molar refractivity (Wildman–Crippen MR) is 71.1 cm³/mol. The lowest BCUT2D eigenvalue weighted by Gasteiger charge is -2.42. The average molecular weight is 243 g/mol. The molecule has 0 unspecified atom stereocenters. The van der Waals surface area contributed by atoms with Crippen LogP contribution in [0.1, 0.15) is 44.9 Å². The summed E-state index contributed by atoms with van der Waals surface area (Å²) in [6, 6.07) is 0.754. The van der Waals surface area contributed by atoms with Gasteiger partial charge in [0.1, 0.15) is 0 Å². The van der Waals surface area contributed by atoms with E-state index in [0.29, 0.717) is 12.0 Å². The minimum Gasteiger partial charge on any atom is -0.395 e. The van der Waals surface area contributed by atoms with Crippen molar-refractivity contribution in [2.24, 2.45) is 5.41 Å². The summed E-state index contributed by atoms with van der Waals surface area (Å²) >= 11 is 4.57. The Labute approximate surface area is 105 Å². The fraction of sp³-hybridized carbons (Fsp3) is 1.00. The maximum absolute atomic E-state index is 9.17. The van der Waals surface area contributed by atoms with E-state index in [0.717, 1.165) is 18.3 Å². The first-order valence-corrected chi connectivity index (χ1v) is 7.39. The SMILES string of the molecule is OCCN(CC1(CS)CCCC1)C1CCC1. The van der Waals surface area contributed by atoms with Gasteiger partial charge in [0.2, 0.25) is 0 Å². The third-order valence-corrected chi connectivity index (χ3v) is 5.19. The van der Waals surface area contributed by atoms with Crippen LogP contribution in [0.5, 0.6) is 0 Å². The second-order valence-electron chi connectivity index (χ2n) is 5.64. The lowest BCUT2D eigenvalue weighted by atomic mass is 9.84. The zero-order valence-electron chi connectivity index (χ0n) is 10.2. The second kappa shape index (κ2) is 5.74. The molecule has 0 aliphatic heterocycles. The molecule has 94 valence electrons. The van der Waals surface area contributed by atoms with E-state index in [4.69, 9.17) is 0 Å². The van der Waals surface area contributed by atoms with Gasteiger partial charge in [-0.2, -0.15) is 12.6 Å². The summed E-state index contributed by atoms with van der Waals surface area (Å²) in [6.45, 7) is 2.33. The van der Waals surface area contributed by atoms with Crippen molar-refractivity contribution >= 4 is 12.6 Å². The molecule has 0 spiro atoms. The van der Waals surface area contributed by atoms with Crippen LogP contribution in [0.2, 0.25) is 0 Å². The van der Waals surface area contributed by atoms with Crippen molar-refractivity contribution in [3.05, 3.63) is 0 Å². The predicted octanol–water partition coefficient (Wildman–Crippen LogP) is 2.32. The van der Waals surface area contributed by atoms with E-state index in [1.165, 1.54) is 51.5 Å². The van der Waals surface area contributed by atoms with Gasteiger partial charge >= 0.3 is 0 Å². The van der Waals surface area contributed by atoms with Crippen LogP contribution in [0, 0.1) is 5.41 Å². The third kappa shape index (κ3) is 2.74. The number of aliphatic hydroxyl groups excluding tert-OH is 1. The first-order chi connectivity index (χ1) is 7.79. The van der Waals surface area contributed by atoms with E-state index in [1.807, 2.05) is 0 Å². The monoisotopic (exact) mass is 243 g/mol. The van der Waals surface area contributed by atoms with Crippen molar-refractivity contribution in [1.82, 2.24) is 4.90 Å². The van der Waals surface area contributed by atoms with Gasteiger partial charge < -0.3 is 5.11 Å². The van der Waals surface area contributed by atoms with E-state index >= 15 is 0 Å². The van der Waals surface area contributed by atoms with Gasteiger partial charge in [-0.1, -0.05) is 19.3 Å². The number of rotatable bonds is 6. The van der Waals surface area contributed by atoms with Crippen LogP contribution >= 0.6 is 12.6 Å². The highest BCUT2D eigenvalue weighted by Crippen LogP contribution is 2.41. The molecule has 2 nitrogen and oxygen atoms in total. The molecule has 0 aromatic rings. The molecule has 0 saturated heterocycles. The van der Waals surface area contributed by atoms with Crippen LogP contribution in [-0.2, 0) is 0 Å². The van der Waals surface area contributed by atoms with Crippen LogP contribution in [0.25, 0.3) is 0 Å². The standard InChI is InChI=1S/C13H25NOS/c15-9-8-14(12-4-3-5-12)10-13(11-16)6-1-2-7-13/h12,15-16H,1-11H2. The van der Waals surface area contributed by atoms with E-state index in [-0.39, 0.29) is 0 Å². The molecule has 2 aliphatic rings. The van der Waals surface area contributed by atoms with Crippen LogP contribution < -0.4 is 0 Å². The summed E-state index contributed by atoms with van der Waals surface area (Å²) in [5.74, 6) is 1.02. The third-order valence-electron chi connectivity index (χ3n) is 4.52. The van der Waals surface area contributed by atoms with Gasteiger partial charge in [-0.15, -0.1) is 0 Å². The Balaban J connectivity index is 1.92. The lowest BCUT2D eigenvalue weighted by Crippen LogP contribution is -2.47. The molecule has 16 heavy (non-hydrogen) atoms. The van der Waals surface area contributed by atoms with Crippen molar-refractivity contribution in [1.29, 1.82) is 0 Å². The molecule has 2 fully saturated rings. The molecule has 3 heteroatoms. The normalized spacial score (nSPS) is 24.9. The molecule has 0 amide bonds. The summed E-state index contributed by atoms with van der Waals surface area (Å²) < 4.78 is 0. The Morgan fingerprint density at radius 3 is 2.31 bits per heavy atom. The van der Waals surface area contributed by atoms with Crippen LogP contribution in [0.3, 0.4) is 0 Å². The second-order valence-corrected chi connectivity index (χ2v) is 5.96. The fourth-order valence-corrected chi connectivity index (χ4v) is 3.61. The number of hydrogen-bond donors (Lipinski definition) is 2. The van der Waals surface area contributed by atoms with Gasteiger partial charge in [-0.25, -0.2) is 0 Å². The summed E-state index contributed by atoms with van der Waals surface area (Å²) in [6.07, 6.45) is 9.47. The minimum absolute atomic E-state index is 0.305. The molecule has 0 radical (unpaired) electrons. The first-order valence-electron chi connectivity index (χ1n) is 6.75. The fourth-order valence-electron chi connectivity index (χ4n) is 3.19. The highest BCUT2D eigenvalue weighted by Gasteiger charge is 2.36. The molecule has 1 N–H and O–H groups in total. The smallest absolute Gasteiger partial charge is 0.0558 e. The number of nitrogens with zero attached hydrogens (tertiary/aromatic N) is 1. The molecular formula is C13H25NOS. The van der Waals surface area contributed by atoms with Crippen molar-refractivity contribution in [2.75, 3.05) is 25.4 Å². The molecule has 0 aromatic heterocycles. The Hall–Kier alpha value is 0.270. The Morgan fingerprint density at radius 2 is 1.88 bits per heavy atom. The van der Waals surface area contributed by atoms with E-state index in [2.05, 4.69) is 17.5 Å². The number of aliphatic hydroxyl groups is 1. The van der Waals surface area contributed by atoms with Gasteiger partial charge in [0.05, 0.1) is 6.61 Å². The van der Waals surface area contributed by atoms with Gasteiger partial charge in [0, 0.05) is 19.1 Å². The van der Waals surface area contributed by atoms with Gasteiger partial charge in [0.25, 0.3) is 0 Å². The Morgan fingerprint density at radius 1 is 1.19 bits per heavy atom. The Bertz CT molecular complexity index is 212. The molecule has 0 heterocycles. The molecular weight excluding hydrogens is 218 g/mol.